The van der Waals surface area contributed by atoms with E-state index in [4.69, 9.17) is 5.11 Å². The summed E-state index contributed by atoms with van der Waals surface area (Å²) in [6.07, 6.45) is 8.19. The highest BCUT2D eigenvalue weighted by atomic mass is 16.3. The summed E-state index contributed by atoms with van der Waals surface area (Å²) < 4.78 is 3.73. The molecule has 0 aromatic carbocycles. The predicted molar refractivity (Wildman–Crippen MR) is 93.2 cm³/mol. The molecule has 0 aliphatic carbocycles. The summed E-state index contributed by atoms with van der Waals surface area (Å²) >= 11 is 0. The van der Waals surface area contributed by atoms with Crippen molar-refractivity contribution in [3.63, 3.8) is 0 Å². The van der Waals surface area contributed by atoms with Gasteiger partial charge in [0.05, 0.1) is 11.7 Å². The van der Waals surface area contributed by atoms with E-state index in [9.17, 15) is 4.79 Å². The van der Waals surface area contributed by atoms with Gasteiger partial charge in [0.1, 0.15) is 5.69 Å². The van der Waals surface area contributed by atoms with E-state index in [1.165, 1.54) is 0 Å². The highest BCUT2D eigenvalue weighted by Gasteiger charge is 2.21. The Hall–Kier alpha value is -2.74. The molecule has 3 rings (SSSR count). The van der Waals surface area contributed by atoms with Crippen LogP contribution in [0.4, 0.5) is 0 Å². The van der Waals surface area contributed by atoms with Crippen LogP contribution in [0.25, 0.3) is 17.0 Å². The summed E-state index contributed by atoms with van der Waals surface area (Å²) in [6.45, 7) is 4.71. The summed E-state index contributed by atoms with van der Waals surface area (Å²) in [6, 6.07) is 2.06. The Morgan fingerprint density at radius 2 is 2.16 bits per heavy atom. The highest BCUT2D eigenvalue weighted by molar-refractivity contribution is 5.99. The molecule has 8 nitrogen and oxygen atoms in total. The van der Waals surface area contributed by atoms with Crippen molar-refractivity contribution in [1.29, 1.82) is 0 Å². The number of nitrogens with zero attached hydrogens (tertiary/aromatic N) is 5. The van der Waals surface area contributed by atoms with E-state index in [0.717, 1.165) is 12.1 Å². The van der Waals surface area contributed by atoms with Crippen LogP contribution < -0.4 is 5.32 Å². The van der Waals surface area contributed by atoms with E-state index < -0.39 is 0 Å². The Balaban J connectivity index is 1.98. The van der Waals surface area contributed by atoms with Crippen LogP contribution in [0.2, 0.25) is 0 Å². The zero-order valence-electron chi connectivity index (χ0n) is 14.4. The predicted octanol–water partition coefficient (Wildman–Crippen LogP) is 1.68. The summed E-state index contributed by atoms with van der Waals surface area (Å²) in [4.78, 5) is 21.2. The molecule has 0 bridgehead atoms. The summed E-state index contributed by atoms with van der Waals surface area (Å²) in [7, 11) is 0. The number of imidazole rings is 1. The van der Waals surface area contributed by atoms with Gasteiger partial charge in [0.2, 0.25) is 0 Å². The van der Waals surface area contributed by atoms with Crippen LogP contribution >= 0.6 is 0 Å². The summed E-state index contributed by atoms with van der Waals surface area (Å²) in [5.74, 6) is 0.411. The van der Waals surface area contributed by atoms with Crippen molar-refractivity contribution in [3.8, 4) is 11.5 Å². The van der Waals surface area contributed by atoms with E-state index in [1.807, 2.05) is 29.0 Å². The third-order valence-electron chi connectivity index (χ3n) is 3.92. The van der Waals surface area contributed by atoms with E-state index in [1.54, 1.807) is 24.8 Å². The van der Waals surface area contributed by atoms with E-state index in [-0.39, 0.29) is 18.6 Å². The summed E-state index contributed by atoms with van der Waals surface area (Å²) in [5.41, 5.74) is 1.83. The van der Waals surface area contributed by atoms with Crippen LogP contribution in [0.1, 0.15) is 43.2 Å². The van der Waals surface area contributed by atoms with Gasteiger partial charge in [0, 0.05) is 37.8 Å². The smallest absolute Gasteiger partial charge is 0.272 e. The minimum atomic E-state index is -0.245. The van der Waals surface area contributed by atoms with Gasteiger partial charge in [-0.15, -0.1) is 0 Å². The Morgan fingerprint density at radius 3 is 2.92 bits per heavy atom. The molecule has 0 radical (unpaired) electrons. The molecular formula is C17H22N6O2. The molecule has 0 unspecified atom stereocenters. The van der Waals surface area contributed by atoms with Crippen LogP contribution in [0, 0.1) is 0 Å². The van der Waals surface area contributed by atoms with Gasteiger partial charge >= 0.3 is 0 Å². The number of hydrogen-bond donors (Lipinski definition) is 2. The van der Waals surface area contributed by atoms with Crippen molar-refractivity contribution in [2.45, 2.75) is 32.7 Å². The van der Waals surface area contributed by atoms with Crippen LogP contribution in [-0.2, 0) is 0 Å². The third-order valence-corrected chi connectivity index (χ3v) is 3.92. The second-order valence-electron chi connectivity index (χ2n) is 6.06. The number of fused-ring (bicyclic) bond motifs is 1. The van der Waals surface area contributed by atoms with E-state index >= 15 is 0 Å². The minimum absolute atomic E-state index is 0.122. The monoisotopic (exact) mass is 342 g/mol. The average Bonchev–Trinajstić information content (AvgIpc) is 3.23. The number of amides is 1. The molecule has 25 heavy (non-hydrogen) atoms. The van der Waals surface area contributed by atoms with Gasteiger partial charge in [-0.1, -0.05) is 0 Å². The van der Waals surface area contributed by atoms with Crippen molar-refractivity contribution >= 4 is 11.4 Å². The normalized spacial score (nSPS) is 11.4. The number of aliphatic hydroxyl groups excluding tert-OH is 1. The number of aliphatic hydroxyl groups is 1. The number of carbonyl (C=O) groups is 1. The lowest BCUT2D eigenvalue weighted by Gasteiger charge is -2.09. The fourth-order valence-corrected chi connectivity index (χ4v) is 2.71. The molecule has 132 valence electrons. The fraction of sp³-hybridized carbons (Fsp3) is 0.412. The van der Waals surface area contributed by atoms with Crippen molar-refractivity contribution in [1.82, 2.24) is 29.5 Å². The molecule has 8 heteroatoms. The number of aromatic nitrogens is 5. The van der Waals surface area contributed by atoms with Gasteiger partial charge in [-0.25, -0.2) is 4.98 Å². The van der Waals surface area contributed by atoms with E-state index in [2.05, 4.69) is 20.4 Å². The Bertz CT molecular complexity index is 867. The second kappa shape index (κ2) is 7.43. The molecule has 0 atom stereocenters. The number of carbonyl (C=O) groups excluding carboxylic acids is 1. The van der Waals surface area contributed by atoms with Gasteiger partial charge in [-0.05, 0) is 32.8 Å². The first kappa shape index (κ1) is 17.1. The quantitative estimate of drug-likeness (QED) is 0.637. The van der Waals surface area contributed by atoms with E-state index in [0.29, 0.717) is 30.0 Å². The summed E-state index contributed by atoms with van der Waals surface area (Å²) in [5, 5.41) is 16.0. The van der Waals surface area contributed by atoms with Crippen molar-refractivity contribution in [2.24, 2.45) is 0 Å². The first-order chi connectivity index (χ1) is 12.1. The standard InChI is InChI=1S/C17H22N6O2/c1-12(2)23-13(5-7-20-23)16-21-15(14-11-18-8-9-22(14)16)17(25)19-6-3-4-10-24/h5,7-9,11-12,24H,3-4,6,10H2,1-2H3,(H,19,25). The number of rotatable bonds is 7. The van der Waals surface area contributed by atoms with Crippen molar-refractivity contribution < 1.29 is 9.90 Å². The highest BCUT2D eigenvalue weighted by Crippen LogP contribution is 2.24. The Kier molecular flexibility index (Phi) is 5.08. The molecule has 3 aromatic rings. The van der Waals surface area contributed by atoms with Crippen LogP contribution in [0.5, 0.6) is 0 Å². The van der Waals surface area contributed by atoms with Crippen molar-refractivity contribution in [2.75, 3.05) is 13.2 Å². The SMILES string of the molecule is CC(C)n1nccc1-c1nc(C(=O)NCCCCO)c2cnccn12. The molecule has 0 spiro atoms. The van der Waals surface area contributed by atoms with Gasteiger partial charge in [-0.2, -0.15) is 5.10 Å². The van der Waals surface area contributed by atoms with Crippen LogP contribution in [-0.4, -0.2) is 48.3 Å². The van der Waals surface area contributed by atoms with Gasteiger partial charge < -0.3 is 10.4 Å². The van der Waals surface area contributed by atoms with Gasteiger partial charge in [0.25, 0.3) is 5.91 Å². The number of unbranched alkanes of at least 4 members (excludes halogenated alkanes) is 1. The zero-order chi connectivity index (χ0) is 17.8. The lowest BCUT2D eigenvalue weighted by atomic mass is 10.3. The van der Waals surface area contributed by atoms with Crippen LogP contribution in [0.15, 0.2) is 30.9 Å². The number of nitrogens with one attached hydrogen (secondary N) is 1. The maximum absolute atomic E-state index is 12.5. The molecule has 1 amide bonds. The second-order valence-corrected chi connectivity index (χ2v) is 6.06. The lowest BCUT2D eigenvalue weighted by Crippen LogP contribution is -2.25. The lowest BCUT2D eigenvalue weighted by molar-refractivity contribution is 0.0949. The minimum Gasteiger partial charge on any atom is -0.396 e. The average molecular weight is 342 g/mol. The van der Waals surface area contributed by atoms with Gasteiger partial charge in [-0.3, -0.25) is 18.9 Å². The first-order valence-corrected chi connectivity index (χ1v) is 8.38. The molecule has 0 saturated heterocycles. The molecule has 2 N–H and O–H groups in total. The first-order valence-electron chi connectivity index (χ1n) is 8.38. The maximum Gasteiger partial charge on any atom is 0.272 e. The fourth-order valence-electron chi connectivity index (χ4n) is 2.71. The molecule has 0 saturated carbocycles. The molecule has 0 aliphatic heterocycles. The maximum atomic E-state index is 12.5. The van der Waals surface area contributed by atoms with Crippen LogP contribution in [0.3, 0.4) is 0 Å². The largest absolute Gasteiger partial charge is 0.396 e. The Morgan fingerprint density at radius 1 is 1.32 bits per heavy atom. The molecule has 0 fully saturated rings. The van der Waals surface area contributed by atoms with Crippen molar-refractivity contribution in [3.05, 3.63) is 36.5 Å². The zero-order valence-corrected chi connectivity index (χ0v) is 14.4. The molecule has 3 aromatic heterocycles. The Labute approximate surface area is 145 Å². The molecular weight excluding hydrogens is 320 g/mol. The molecule has 3 heterocycles. The topological polar surface area (TPSA) is 97.3 Å². The number of hydrogen-bond acceptors (Lipinski definition) is 5. The van der Waals surface area contributed by atoms with Gasteiger partial charge in [0.15, 0.2) is 11.5 Å². The molecule has 0 aliphatic rings. The third kappa shape index (κ3) is 3.39.